The number of benzene rings is 2. The molecule has 0 saturated carbocycles. The Morgan fingerprint density at radius 2 is 1.92 bits per heavy atom. The Bertz CT molecular complexity index is 905. The van der Waals surface area contributed by atoms with Gasteiger partial charge in [0.25, 0.3) is 5.91 Å². The highest BCUT2D eigenvalue weighted by Gasteiger charge is 2.22. The van der Waals surface area contributed by atoms with Gasteiger partial charge in [0.05, 0.1) is 10.7 Å². The summed E-state index contributed by atoms with van der Waals surface area (Å²) in [6.45, 7) is 4.04. The molecule has 0 radical (unpaired) electrons. The summed E-state index contributed by atoms with van der Waals surface area (Å²) in [4.78, 5) is 28.7. The van der Waals surface area contributed by atoms with Crippen LogP contribution in [0, 0.1) is 13.8 Å². The van der Waals surface area contributed by atoms with Crippen LogP contribution in [0.1, 0.15) is 16.7 Å². The van der Waals surface area contributed by atoms with Gasteiger partial charge in [-0.3, -0.25) is 9.59 Å². The first-order valence-electron chi connectivity index (χ1n) is 8.09. The minimum absolute atomic E-state index is 0.116. The molecule has 6 heteroatoms. The van der Waals surface area contributed by atoms with Crippen molar-refractivity contribution in [1.29, 1.82) is 0 Å². The summed E-state index contributed by atoms with van der Waals surface area (Å²) < 4.78 is 0.604. The van der Waals surface area contributed by atoms with Crippen LogP contribution in [0.25, 0.3) is 6.08 Å². The number of aliphatic imine (C=N–C) groups is 1. The van der Waals surface area contributed by atoms with Crippen molar-refractivity contribution in [3.63, 3.8) is 0 Å². The van der Waals surface area contributed by atoms with Crippen LogP contribution in [0.2, 0.25) is 0 Å². The van der Waals surface area contributed by atoms with E-state index in [1.54, 1.807) is 0 Å². The fourth-order valence-corrected chi connectivity index (χ4v) is 4.10. The third-order valence-electron chi connectivity index (χ3n) is 3.82. The van der Waals surface area contributed by atoms with E-state index in [-0.39, 0.29) is 17.6 Å². The van der Waals surface area contributed by atoms with Gasteiger partial charge in [0.15, 0.2) is 0 Å². The van der Waals surface area contributed by atoms with Crippen molar-refractivity contribution in [3.05, 3.63) is 70.1 Å². The molecule has 1 heterocycles. The minimum atomic E-state index is -0.254. The number of hydrogen-bond donors (Lipinski definition) is 1. The standard InChI is InChI=1S/C20H18N2O2S2/c1-13-8-9-16(10-14(13)2)21-18(23)12-25-20-22-19(24)17(26-20)11-15-6-4-3-5-7-15/h3-11H,12H2,1-2H3,(H,21,23). The third-order valence-corrected chi connectivity index (χ3v) is 5.94. The minimum Gasteiger partial charge on any atom is -0.325 e. The monoisotopic (exact) mass is 382 g/mol. The van der Waals surface area contributed by atoms with Gasteiger partial charge in [-0.15, -0.1) is 0 Å². The van der Waals surface area contributed by atoms with E-state index in [1.807, 2.05) is 68.5 Å². The number of nitrogens with one attached hydrogen (secondary N) is 1. The molecule has 0 spiro atoms. The highest BCUT2D eigenvalue weighted by molar-refractivity contribution is 8.41. The molecule has 1 aliphatic rings. The van der Waals surface area contributed by atoms with Gasteiger partial charge >= 0.3 is 0 Å². The number of thioether (sulfide) groups is 2. The molecule has 2 aromatic carbocycles. The number of rotatable bonds is 4. The van der Waals surface area contributed by atoms with Crippen molar-refractivity contribution in [2.45, 2.75) is 13.8 Å². The maximum Gasteiger partial charge on any atom is 0.285 e. The fraction of sp³-hybridized carbons (Fsp3) is 0.150. The molecule has 0 fully saturated rings. The third kappa shape index (κ3) is 4.86. The zero-order valence-electron chi connectivity index (χ0n) is 14.5. The van der Waals surface area contributed by atoms with Crippen LogP contribution in [0.3, 0.4) is 0 Å². The fourth-order valence-electron chi connectivity index (χ4n) is 2.30. The van der Waals surface area contributed by atoms with E-state index < -0.39 is 0 Å². The van der Waals surface area contributed by atoms with Crippen LogP contribution in [-0.4, -0.2) is 21.9 Å². The average molecular weight is 383 g/mol. The first-order valence-corrected chi connectivity index (χ1v) is 9.89. The molecule has 1 N–H and O–H groups in total. The molecule has 3 rings (SSSR count). The Kier molecular flexibility index (Phi) is 5.96. The van der Waals surface area contributed by atoms with Crippen LogP contribution in [0.5, 0.6) is 0 Å². The molecule has 0 atom stereocenters. The number of aryl methyl sites for hydroxylation is 2. The molecule has 4 nitrogen and oxygen atoms in total. The van der Waals surface area contributed by atoms with Crippen molar-refractivity contribution < 1.29 is 9.59 Å². The van der Waals surface area contributed by atoms with Gasteiger partial charge in [0.1, 0.15) is 4.38 Å². The van der Waals surface area contributed by atoms with Gasteiger partial charge in [0.2, 0.25) is 5.91 Å². The molecule has 0 saturated heterocycles. The normalized spacial score (nSPS) is 15.2. The summed E-state index contributed by atoms with van der Waals surface area (Å²) >= 11 is 2.59. The van der Waals surface area contributed by atoms with Crippen molar-refractivity contribution in [3.8, 4) is 0 Å². The zero-order chi connectivity index (χ0) is 18.5. The molecule has 132 valence electrons. The maximum atomic E-state index is 12.1. The number of anilines is 1. The summed E-state index contributed by atoms with van der Waals surface area (Å²) in [5, 5.41) is 2.87. The second kappa shape index (κ2) is 8.38. The van der Waals surface area contributed by atoms with Gasteiger partial charge in [-0.2, -0.15) is 4.99 Å². The van der Waals surface area contributed by atoms with Crippen molar-refractivity contribution in [1.82, 2.24) is 0 Å². The Morgan fingerprint density at radius 3 is 2.65 bits per heavy atom. The summed E-state index contributed by atoms with van der Waals surface area (Å²) in [5.74, 6) is -0.157. The molecule has 2 aromatic rings. The average Bonchev–Trinajstić information content (AvgIpc) is 2.97. The zero-order valence-corrected chi connectivity index (χ0v) is 16.1. The lowest BCUT2D eigenvalue weighted by molar-refractivity contribution is -0.114. The van der Waals surface area contributed by atoms with Gasteiger partial charge in [-0.25, -0.2) is 0 Å². The Labute approximate surface area is 161 Å². The topological polar surface area (TPSA) is 58.5 Å². The lowest BCUT2D eigenvalue weighted by Crippen LogP contribution is -2.14. The summed E-state index contributed by atoms with van der Waals surface area (Å²) in [6.07, 6.45) is 1.82. The lowest BCUT2D eigenvalue weighted by atomic mass is 10.1. The summed E-state index contributed by atoms with van der Waals surface area (Å²) in [6, 6.07) is 15.5. The van der Waals surface area contributed by atoms with Gasteiger partial charge in [-0.1, -0.05) is 59.9 Å². The molecule has 0 unspecified atom stereocenters. The summed E-state index contributed by atoms with van der Waals surface area (Å²) in [7, 11) is 0. The van der Waals surface area contributed by atoms with E-state index >= 15 is 0 Å². The maximum absolute atomic E-state index is 12.1. The molecule has 26 heavy (non-hydrogen) atoms. The Morgan fingerprint density at radius 1 is 1.15 bits per heavy atom. The van der Waals surface area contributed by atoms with Crippen molar-refractivity contribution >= 4 is 51.5 Å². The van der Waals surface area contributed by atoms with Gasteiger partial charge in [-0.05, 0) is 48.7 Å². The van der Waals surface area contributed by atoms with Crippen LogP contribution in [-0.2, 0) is 9.59 Å². The number of amides is 2. The smallest absolute Gasteiger partial charge is 0.285 e. The van der Waals surface area contributed by atoms with E-state index in [2.05, 4.69) is 10.3 Å². The van der Waals surface area contributed by atoms with E-state index in [0.29, 0.717) is 9.28 Å². The van der Waals surface area contributed by atoms with Crippen molar-refractivity contribution in [2.24, 2.45) is 4.99 Å². The molecule has 2 amide bonds. The van der Waals surface area contributed by atoms with Gasteiger partial charge in [0, 0.05) is 5.69 Å². The first-order chi connectivity index (χ1) is 12.5. The SMILES string of the molecule is Cc1ccc(NC(=O)CSC2=NC(=O)C(=Cc3ccccc3)S2)cc1C. The lowest BCUT2D eigenvalue weighted by Gasteiger charge is -2.07. The summed E-state index contributed by atoms with van der Waals surface area (Å²) in [5.41, 5.74) is 4.05. The Balaban J connectivity index is 1.54. The van der Waals surface area contributed by atoms with E-state index in [4.69, 9.17) is 0 Å². The molecular weight excluding hydrogens is 364 g/mol. The molecule has 0 aromatic heterocycles. The predicted octanol–water partition coefficient (Wildman–Crippen LogP) is 4.65. The highest BCUT2D eigenvalue weighted by atomic mass is 32.2. The van der Waals surface area contributed by atoms with E-state index in [0.717, 1.165) is 16.8 Å². The van der Waals surface area contributed by atoms with Crippen LogP contribution in [0.15, 0.2) is 58.4 Å². The molecular formula is C20H18N2O2S2. The second-order valence-corrected chi connectivity index (χ2v) is 8.09. The second-order valence-electron chi connectivity index (χ2n) is 5.84. The van der Waals surface area contributed by atoms with Crippen LogP contribution >= 0.6 is 23.5 Å². The number of nitrogens with zero attached hydrogens (tertiary/aromatic N) is 1. The number of hydrogen-bond acceptors (Lipinski definition) is 4. The first kappa shape index (κ1) is 18.5. The van der Waals surface area contributed by atoms with E-state index in [1.165, 1.54) is 29.1 Å². The molecule has 1 aliphatic heterocycles. The van der Waals surface area contributed by atoms with Gasteiger partial charge < -0.3 is 5.32 Å². The number of carbonyl (C=O) groups is 2. The largest absolute Gasteiger partial charge is 0.325 e. The van der Waals surface area contributed by atoms with Crippen LogP contribution < -0.4 is 5.32 Å². The highest BCUT2D eigenvalue weighted by Crippen LogP contribution is 2.33. The van der Waals surface area contributed by atoms with E-state index in [9.17, 15) is 9.59 Å². The quantitative estimate of drug-likeness (QED) is 0.782. The molecule has 0 bridgehead atoms. The van der Waals surface area contributed by atoms with Crippen LogP contribution in [0.4, 0.5) is 5.69 Å². The molecule has 0 aliphatic carbocycles. The Hall–Kier alpha value is -2.31. The predicted molar refractivity (Wildman–Crippen MR) is 111 cm³/mol. The number of carbonyl (C=O) groups excluding carboxylic acids is 2. The van der Waals surface area contributed by atoms with Crippen molar-refractivity contribution in [2.75, 3.05) is 11.1 Å².